The third-order valence-corrected chi connectivity index (χ3v) is 4.47. The molecule has 2 atom stereocenters. The normalized spacial score (nSPS) is 28.4. The topological polar surface area (TPSA) is 92.7 Å². The molecular weight excluding hydrogens is 256 g/mol. The lowest BCUT2D eigenvalue weighted by atomic mass is 9.97. The van der Waals surface area contributed by atoms with Crippen molar-refractivity contribution >= 4 is 11.8 Å². The van der Waals surface area contributed by atoms with Crippen molar-refractivity contribution in [3.8, 4) is 0 Å². The molecule has 2 heterocycles. The maximum Gasteiger partial charge on any atom is 0.236 e. The molecule has 2 aliphatic heterocycles. The zero-order chi connectivity index (χ0) is 14.5. The lowest BCUT2D eigenvalue weighted by Gasteiger charge is -2.35. The van der Waals surface area contributed by atoms with Crippen LogP contribution in [0.4, 0.5) is 0 Å². The van der Waals surface area contributed by atoms with Gasteiger partial charge in [-0.3, -0.25) is 14.5 Å². The van der Waals surface area contributed by atoms with Gasteiger partial charge in [0.25, 0.3) is 0 Å². The number of likely N-dealkylation sites (tertiary alicyclic amines) is 2. The highest BCUT2D eigenvalue weighted by Crippen LogP contribution is 2.18. The predicted molar refractivity (Wildman–Crippen MR) is 76.7 cm³/mol. The van der Waals surface area contributed by atoms with Gasteiger partial charge in [0.2, 0.25) is 11.8 Å². The molecule has 20 heavy (non-hydrogen) atoms. The molecule has 0 aromatic rings. The molecule has 2 fully saturated rings. The first-order chi connectivity index (χ1) is 9.60. The van der Waals surface area contributed by atoms with Crippen LogP contribution < -0.4 is 11.5 Å². The van der Waals surface area contributed by atoms with E-state index in [2.05, 4.69) is 4.90 Å². The van der Waals surface area contributed by atoms with Crippen molar-refractivity contribution in [2.45, 2.75) is 25.7 Å². The van der Waals surface area contributed by atoms with Crippen LogP contribution in [0.3, 0.4) is 0 Å². The summed E-state index contributed by atoms with van der Waals surface area (Å²) in [6.45, 7) is 4.25. The summed E-state index contributed by atoms with van der Waals surface area (Å²) in [5.41, 5.74) is 11.1. The number of nitrogens with zero attached hydrogens (tertiary/aromatic N) is 2. The molecule has 6 nitrogen and oxygen atoms in total. The Kier molecular flexibility index (Phi) is 5.37. The number of piperidine rings is 2. The van der Waals surface area contributed by atoms with Crippen molar-refractivity contribution in [1.82, 2.24) is 9.80 Å². The quantitative estimate of drug-likeness (QED) is 0.719. The van der Waals surface area contributed by atoms with E-state index in [0.29, 0.717) is 25.6 Å². The third kappa shape index (κ3) is 3.93. The first-order valence-electron chi connectivity index (χ1n) is 7.59. The van der Waals surface area contributed by atoms with Crippen molar-refractivity contribution in [3.05, 3.63) is 0 Å². The van der Waals surface area contributed by atoms with Gasteiger partial charge in [0.05, 0.1) is 12.5 Å². The minimum Gasteiger partial charge on any atom is -0.369 e. The van der Waals surface area contributed by atoms with Crippen molar-refractivity contribution in [1.29, 1.82) is 0 Å². The maximum atomic E-state index is 12.3. The van der Waals surface area contributed by atoms with E-state index < -0.39 is 0 Å². The van der Waals surface area contributed by atoms with Crippen LogP contribution in [0.2, 0.25) is 0 Å². The van der Waals surface area contributed by atoms with Gasteiger partial charge in [-0.05, 0) is 44.7 Å². The zero-order valence-electron chi connectivity index (χ0n) is 12.1. The van der Waals surface area contributed by atoms with Gasteiger partial charge in [-0.2, -0.15) is 0 Å². The molecule has 0 aromatic carbocycles. The highest BCUT2D eigenvalue weighted by atomic mass is 16.2. The van der Waals surface area contributed by atoms with Crippen LogP contribution in [0.5, 0.6) is 0 Å². The van der Waals surface area contributed by atoms with E-state index >= 15 is 0 Å². The SMILES string of the molecule is NCC1CCCN(CC(=O)N2CCCC(C(N)=O)C2)C1. The Labute approximate surface area is 120 Å². The fourth-order valence-electron chi connectivity index (χ4n) is 3.21. The van der Waals surface area contributed by atoms with Crippen LogP contribution in [0, 0.1) is 11.8 Å². The van der Waals surface area contributed by atoms with Gasteiger partial charge in [-0.15, -0.1) is 0 Å². The van der Waals surface area contributed by atoms with Gasteiger partial charge in [0.1, 0.15) is 0 Å². The summed E-state index contributed by atoms with van der Waals surface area (Å²) >= 11 is 0. The van der Waals surface area contributed by atoms with E-state index in [9.17, 15) is 9.59 Å². The second kappa shape index (κ2) is 7.04. The Hall–Kier alpha value is -1.14. The van der Waals surface area contributed by atoms with Crippen molar-refractivity contribution in [2.75, 3.05) is 39.3 Å². The van der Waals surface area contributed by atoms with Gasteiger partial charge in [0.15, 0.2) is 0 Å². The standard InChI is InChI=1S/C14H26N4O2/c15-7-11-3-1-5-17(8-11)10-13(19)18-6-2-4-12(9-18)14(16)20/h11-12H,1-10,15H2,(H2,16,20). The molecule has 2 amide bonds. The summed E-state index contributed by atoms with van der Waals surface area (Å²) in [6.07, 6.45) is 3.94. The zero-order valence-corrected chi connectivity index (χ0v) is 12.1. The fraction of sp³-hybridized carbons (Fsp3) is 0.857. The van der Waals surface area contributed by atoms with Crippen LogP contribution in [-0.4, -0.2) is 60.9 Å². The van der Waals surface area contributed by atoms with Crippen LogP contribution in [0.1, 0.15) is 25.7 Å². The molecule has 2 unspecified atom stereocenters. The molecule has 0 aromatic heterocycles. The van der Waals surface area contributed by atoms with Crippen LogP contribution in [0.25, 0.3) is 0 Å². The number of nitrogens with two attached hydrogens (primary N) is 2. The summed E-state index contributed by atoms with van der Waals surface area (Å²) in [5, 5.41) is 0. The second-order valence-corrected chi connectivity index (χ2v) is 6.06. The Morgan fingerprint density at radius 2 is 1.85 bits per heavy atom. The minimum atomic E-state index is -0.288. The van der Waals surface area contributed by atoms with Gasteiger partial charge in [0, 0.05) is 19.6 Å². The average molecular weight is 282 g/mol. The molecule has 2 rings (SSSR count). The first-order valence-corrected chi connectivity index (χ1v) is 7.59. The van der Waals surface area contributed by atoms with Gasteiger partial charge in [-0.1, -0.05) is 0 Å². The lowest BCUT2D eigenvalue weighted by molar-refractivity contribution is -0.136. The van der Waals surface area contributed by atoms with Crippen molar-refractivity contribution < 1.29 is 9.59 Å². The number of carbonyl (C=O) groups excluding carboxylic acids is 2. The smallest absolute Gasteiger partial charge is 0.236 e. The monoisotopic (exact) mass is 282 g/mol. The number of hydrogen-bond donors (Lipinski definition) is 2. The summed E-state index contributed by atoms with van der Waals surface area (Å²) in [4.78, 5) is 27.6. The predicted octanol–water partition coefficient (Wildman–Crippen LogP) is -0.619. The fourth-order valence-corrected chi connectivity index (χ4v) is 3.21. The summed E-state index contributed by atoms with van der Waals surface area (Å²) in [7, 11) is 0. The third-order valence-electron chi connectivity index (χ3n) is 4.47. The van der Waals surface area contributed by atoms with E-state index in [4.69, 9.17) is 11.5 Å². The Balaban J connectivity index is 1.83. The maximum absolute atomic E-state index is 12.3. The number of amides is 2. The summed E-state index contributed by atoms with van der Waals surface area (Å²) in [5.74, 6) is 0.166. The minimum absolute atomic E-state index is 0.119. The molecule has 2 saturated heterocycles. The number of carbonyl (C=O) groups is 2. The van der Waals surface area contributed by atoms with Crippen molar-refractivity contribution in [2.24, 2.45) is 23.3 Å². The lowest BCUT2D eigenvalue weighted by Crippen LogP contribution is -2.49. The van der Waals surface area contributed by atoms with E-state index in [1.807, 2.05) is 0 Å². The highest BCUT2D eigenvalue weighted by Gasteiger charge is 2.28. The van der Waals surface area contributed by atoms with Gasteiger partial charge >= 0.3 is 0 Å². The second-order valence-electron chi connectivity index (χ2n) is 6.06. The van der Waals surface area contributed by atoms with Crippen LogP contribution >= 0.6 is 0 Å². The molecule has 0 saturated carbocycles. The van der Waals surface area contributed by atoms with E-state index in [1.54, 1.807) is 4.90 Å². The highest BCUT2D eigenvalue weighted by molar-refractivity contribution is 5.81. The number of hydrogen-bond acceptors (Lipinski definition) is 4. The molecule has 4 N–H and O–H groups in total. The molecule has 0 bridgehead atoms. The molecule has 0 radical (unpaired) electrons. The molecule has 2 aliphatic rings. The van der Waals surface area contributed by atoms with E-state index in [-0.39, 0.29) is 17.7 Å². The Morgan fingerprint density at radius 3 is 2.55 bits per heavy atom. The number of rotatable bonds is 4. The molecule has 0 spiro atoms. The van der Waals surface area contributed by atoms with E-state index in [0.717, 1.165) is 45.3 Å². The van der Waals surface area contributed by atoms with Crippen LogP contribution in [-0.2, 0) is 9.59 Å². The van der Waals surface area contributed by atoms with Crippen molar-refractivity contribution in [3.63, 3.8) is 0 Å². The van der Waals surface area contributed by atoms with Crippen LogP contribution in [0.15, 0.2) is 0 Å². The average Bonchev–Trinajstić information content (AvgIpc) is 2.47. The molecule has 0 aliphatic carbocycles. The Bertz CT molecular complexity index is 361. The summed E-state index contributed by atoms with van der Waals surface area (Å²) in [6, 6.07) is 0. The Morgan fingerprint density at radius 1 is 1.10 bits per heavy atom. The molecular formula is C14H26N4O2. The van der Waals surface area contributed by atoms with E-state index in [1.165, 1.54) is 0 Å². The van der Waals surface area contributed by atoms with Gasteiger partial charge in [-0.25, -0.2) is 0 Å². The largest absolute Gasteiger partial charge is 0.369 e. The number of primary amides is 1. The molecule has 6 heteroatoms. The summed E-state index contributed by atoms with van der Waals surface area (Å²) < 4.78 is 0. The first kappa shape index (κ1) is 15.3. The van der Waals surface area contributed by atoms with Gasteiger partial charge < -0.3 is 16.4 Å². The molecule has 114 valence electrons.